The van der Waals surface area contributed by atoms with Gasteiger partial charge in [0, 0.05) is 12.4 Å². The van der Waals surface area contributed by atoms with Gasteiger partial charge in [0.1, 0.15) is 5.01 Å². The summed E-state index contributed by atoms with van der Waals surface area (Å²) in [5, 5.41) is 11.9. The Morgan fingerprint density at radius 1 is 1.17 bits per heavy atom. The summed E-state index contributed by atoms with van der Waals surface area (Å²) in [7, 11) is 0. The minimum absolute atomic E-state index is 0.147. The Morgan fingerprint density at radius 3 is 2.50 bits per heavy atom. The number of hydrogen-bond donors (Lipinski definition) is 0. The van der Waals surface area contributed by atoms with Crippen LogP contribution in [0.5, 0.6) is 0 Å². The van der Waals surface area contributed by atoms with Crippen LogP contribution in [-0.2, 0) is 4.79 Å². The number of fused-ring (bicyclic) bond motifs is 1. The number of nitrogens with zero attached hydrogens (tertiary/aromatic N) is 1. The van der Waals surface area contributed by atoms with Crippen molar-refractivity contribution in [2.75, 3.05) is 0 Å². The molecular formula is C20H18NO2S-. The summed E-state index contributed by atoms with van der Waals surface area (Å²) in [5.74, 6) is -0.630. The number of hydrogen-bond acceptors (Lipinski definition) is 4. The maximum absolute atomic E-state index is 11.2. The molecule has 0 unspecified atom stereocenters. The van der Waals surface area contributed by atoms with Crippen molar-refractivity contribution in [3.63, 3.8) is 0 Å². The smallest absolute Gasteiger partial charge is 0.120 e. The van der Waals surface area contributed by atoms with Crippen LogP contribution in [-0.4, -0.2) is 11.0 Å². The van der Waals surface area contributed by atoms with E-state index in [-0.39, 0.29) is 6.42 Å². The fourth-order valence-corrected chi connectivity index (χ4v) is 3.51. The zero-order valence-corrected chi connectivity index (χ0v) is 14.5. The van der Waals surface area contributed by atoms with Gasteiger partial charge in [-0.1, -0.05) is 50.2 Å². The van der Waals surface area contributed by atoms with Gasteiger partial charge in [0.05, 0.1) is 10.2 Å². The number of thiazole rings is 1. The first-order chi connectivity index (χ1) is 11.5. The van der Waals surface area contributed by atoms with E-state index in [1.54, 1.807) is 0 Å². The third kappa shape index (κ3) is 3.71. The molecule has 0 radical (unpaired) electrons. The topological polar surface area (TPSA) is 53.0 Å². The Hall–Kier alpha value is -2.46. The molecular weight excluding hydrogens is 318 g/mol. The summed E-state index contributed by atoms with van der Waals surface area (Å²) < 4.78 is 1.05. The Morgan fingerprint density at radius 2 is 1.88 bits per heavy atom. The predicted octanol–water partition coefficient (Wildman–Crippen LogP) is 4.10. The molecule has 1 aromatic heterocycles. The molecule has 4 heteroatoms. The predicted molar refractivity (Wildman–Crippen MR) is 97.6 cm³/mol. The monoisotopic (exact) mass is 336 g/mol. The lowest BCUT2D eigenvalue weighted by Crippen LogP contribution is -2.22. The van der Waals surface area contributed by atoms with E-state index in [1.807, 2.05) is 42.5 Å². The molecule has 0 aliphatic heterocycles. The molecule has 3 nitrogen and oxygen atoms in total. The summed E-state index contributed by atoms with van der Waals surface area (Å²) >= 11 is 1.50. The number of aliphatic carboxylic acids is 1. The highest BCUT2D eigenvalue weighted by Crippen LogP contribution is 2.30. The summed E-state index contributed by atoms with van der Waals surface area (Å²) in [6.07, 6.45) is 1.74. The van der Waals surface area contributed by atoms with Crippen molar-refractivity contribution in [1.29, 1.82) is 0 Å². The van der Waals surface area contributed by atoms with Gasteiger partial charge in [-0.05, 0) is 40.8 Å². The molecule has 122 valence electrons. The second kappa shape index (κ2) is 6.97. The average molecular weight is 336 g/mol. The lowest BCUT2D eigenvalue weighted by molar-refractivity contribution is -0.304. The van der Waals surface area contributed by atoms with Crippen molar-refractivity contribution in [2.24, 2.45) is 0 Å². The van der Waals surface area contributed by atoms with Crippen LogP contribution in [0.2, 0.25) is 0 Å². The second-order valence-electron chi connectivity index (χ2n) is 6.03. The average Bonchev–Trinajstić information content (AvgIpc) is 2.98. The molecule has 3 aromatic rings. The van der Waals surface area contributed by atoms with Gasteiger partial charge < -0.3 is 9.90 Å². The second-order valence-corrected chi connectivity index (χ2v) is 7.06. The maximum Gasteiger partial charge on any atom is 0.120 e. The van der Waals surface area contributed by atoms with Gasteiger partial charge in [-0.3, -0.25) is 0 Å². The third-order valence-electron chi connectivity index (χ3n) is 3.85. The minimum Gasteiger partial charge on any atom is -0.550 e. The summed E-state index contributed by atoms with van der Waals surface area (Å²) in [5.41, 5.74) is 3.79. The Balaban J connectivity index is 2.00. The van der Waals surface area contributed by atoms with Gasteiger partial charge >= 0.3 is 0 Å². The Bertz CT molecular complexity index is 858. The van der Waals surface area contributed by atoms with E-state index in [0.29, 0.717) is 11.5 Å². The van der Waals surface area contributed by atoms with Crippen LogP contribution in [0.1, 0.15) is 42.3 Å². The van der Waals surface area contributed by atoms with Gasteiger partial charge in [-0.25, -0.2) is 4.98 Å². The molecule has 0 fully saturated rings. The molecule has 24 heavy (non-hydrogen) atoms. The maximum atomic E-state index is 11.2. The first-order valence-electron chi connectivity index (χ1n) is 7.89. The number of para-hydroxylation sites is 1. The highest BCUT2D eigenvalue weighted by atomic mass is 32.1. The molecule has 0 saturated carbocycles. The molecule has 0 N–H and O–H groups in total. The number of carbonyl (C=O) groups is 1. The van der Waals surface area contributed by atoms with Gasteiger partial charge in [0.15, 0.2) is 0 Å². The highest BCUT2D eigenvalue weighted by Gasteiger charge is 2.10. The zero-order valence-electron chi connectivity index (χ0n) is 13.7. The van der Waals surface area contributed by atoms with Crippen molar-refractivity contribution in [1.82, 2.24) is 4.98 Å². The van der Waals surface area contributed by atoms with Crippen molar-refractivity contribution in [3.05, 3.63) is 64.7 Å². The molecule has 0 aliphatic rings. The number of carboxylic acid groups (broad SMARTS) is 1. The quantitative estimate of drug-likeness (QED) is 0.705. The minimum atomic E-state index is -1.10. The Kier molecular flexibility index (Phi) is 4.76. The van der Waals surface area contributed by atoms with Gasteiger partial charge in [-0.2, -0.15) is 0 Å². The standard InChI is InChI=1S/C20H19NO2S/c1-13(2)15-9-7-14(8-10-15)11-16(12-19(22)23)20-21-17-5-3-4-6-18(17)24-20/h3-11,13H,12H2,1-2H3,(H,22,23)/p-1/b16-11+. The summed E-state index contributed by atoms with van der Waals surface area (Å²) in [6.45, 7) is 4.29. The van der Waals surface area contributed by atoms with Gasteiger partial charge in [0.25, 0.3) is 0 Å². The number of carboxylic acids is 1. The first-order valence-corrected chi connectivity index (χ1v) is 8.71. The van der Waals surface area contributed by atoms with Crippen LogP contribution in [0.15, 0.2) is 48.5 Å². The number of rotatable bonds is 5. The van der Waals surface area contributed by atoms with Crippen LogP contribution in [0.25, 0.3) is 21.9 Å². The third-order valence-corrected chi connectivity index (χ3v) is 4.96. The number of benzene rings is 2. The van der Waals surface area contributed by atoms with E-state index in [0.717, 1.165) is 20.8 Å². The largest absolute Gasteiger partial charge is 0.550 e. The summed E-state index contributed by atoms with van der Waals surface area (Å²) in [6, 6.07) is 16.0. The van der Waals surface area contributed by atoms with Gasteiger partial charge in [0.2, 0.25) is 0 Å². The molecule has 3 rings (SSSR count). The SMILES string of the molecule is CC(C)c1ccc(/C=C(\CC(=O)[O-])c2nc3ccccc3s2)cc1. The van der Waals surface area contributed by atoms with Crippen molar-refractivity contribution < 1.29 is 9.90 Å². The lowest BCUT2D eigenvalue weighted by Gasteiger charge is -2.08. The number of carbonyl (C=O) groups excluding carboxylic acids is 1. The van der Waals surface area contributed by atoms with Crippen LogP contribution >= 0.6 is 11.3 Å². The highest BCUT2D eigenvalue weighted by molar-refractivity contribution is 7.19. The fraction of sp³-hybridized carbons (Fsp3) is 0.200. The van der Waals surface area contributed by atoms with E-state index in [1.165, 1.54) is 16.9 Å². The van der Waals surface area contributed by atoms with Crippen molar-refractivity contribution in [2.45, 2.75) is 26.2 Å². The van der Waals surface area contributed by atoms with Crippen LogP contribution in [0, 0.1) is 0 Å². The first kappa shape index (κ1) is 16.4. The van der Waals surface area contributed by atoms with E-state index in [4.69, 9.17) is 0 Å². The number of aromatic nitrogens is 1. The molecule has 0 bridgehead atoms. The van der Waals surface area contributed by atoms with Gasteiger partial charge in [-0.15, -0.1) is 11.3 Å². The van der Waals surface area contributed by atoms with Crippen LogP contribution < -0.4 is 5.11 Å². The van der Waals surface area contributed by atoms with Crippen LogP contribution in [0.3, 0.4) is 0 Å². The fourth-order valence-electron chi connectivity index (χ4n) is 2.53. The van der Waals surface area contributed by atoms with E-state index >= 15 is 0 Å². The van der Waals surface area contributed by atoms with E-state index in [2.05, 4.69) is 31.0 Å². The molecule has 0 aliphatic carbocycles. The van der Waals surface area contributed by atoms with Crippen molar-refractivity contribution >= 4 is 39.2 Å². The molecule has 0 amide bonds. The van der Waals surface area contributed by atoms with E-state index in [9.17, 15) is 9.90 Å². The normalized spacial score (nSPS) is 12.0. The van der Waals surface area contributed by atoms with Crippen molar-refractivity contribution in [3.8, 4) is 0 Å². The molecule has 1 heterocycles. The van der Waals surface area contributed by atoms with E-state index < -0.39 is 5.97 Å². The Labute approximate surface area is 145 Å². The lowest BCUT2D eigenvalue weighted by atomic mass is 10.0. The van der Waals surface area contributed by atoms with Crippen LogP contribution in [0.4, 0.5) is 0 Å². The molecule has 0 atom stereocenters. The summed E-state index contributed by atoms with van der Waals surface area (Å²) in [4.78, 5) is 15.7. The molecule has 2 aromatic carbocycles. The molecule has 0 spiro atoms. The molecule has 0 saturated heterocycles. The zero-order chi connectivity index (χ0) is 17.1.